The van der Waals surface area contributed by atoms with E-state index in [1.165, 1.54) is 18.2 Å². The number of alkyl halides is 3. The Labute approximate surface area is 167 Å². The maximum atomic E-state index is 12.6. The average molecular weight is 438 g/mol. The van der Waals surface area contributed by atoms with Crippen LogP contribution in [0.1, 0.15) is 12.0 Å². The van der Waals surface area contributed by atoms with Crippen LogP contribution in [-0.2, 0) is 19.4 Å². The number of carbonyl (C=O) groups is 1. The third kappa shape index (κ3) is 7.16. The molecule has 0 spiro atoms. The summed E-state index contributed by atoms with van der Waals surface area (Å²) in [5.41, 5.74) is 0.502. The van der Waals surface area contributed by atoms with Crippen molar-refractivity contribution in [3.63, 3.8) is 0 Å². The summed E-state index contributed by atoms with van der Waals surface area (Å²) in [7, 11) is -3.46. The topological polar surface area (TPSA) is 95.9 Å². The number of phenolic OH excluding ortho intramolecular Hbond substituents is 1. The second kappa shape index (κ2) is 9.77. The molecule has 1 aliphatic rings. The van der Waals surface area contributed by atoms with Crippen molar-refractivity contribution in [3.05, 3.63) is 23.8 Å². The van der Waals surface area contributed by atoms with Crippen LogP contribution < -0.4 is 5.32 Å². The van der Waals surface area contributed by atoms with E-state index >= 15 is 0 Å². The first-order valence-electron chi connectivity index (χ1n) is 9.16. The van der Waals surface area contributed by atoms with Gasteiger partial charge in [0.05, 0.1) is 23.9 Å². The molecular formula is C18H25F3N2O5S. The van der Waals surface area contributed by atoms with Crippen molar-refractivity contribution < 1.29 is 36.2 Å². The predicted octanol–water partition coefficient (Wildman–Crippen LogP) is 1.49. The molecule has 0 aliphatic carbocycles. The van der Waals surface area contributed by atoms with E-state index in [1.807, 2.05) is 4.90 Å². The van der Waals surface area contributed by atoms with Crippen molar-refractivity contribution in [1.82, 2.24) is 10.2 Å². The van der Waals surface area contributed by atoms with Crippen LogP contribution in [0, 0.1) is 12.8 Å². The van der Waals surface area contributed by atoms with Gasteiger partial charge in [-0.1, -0.05) is 0 Å². The molecule has 1 atom stereocenters. The average Bonchev–Trinajstić information content (AvgIpc) is 3.05. The van der Waals surface area contributed by atoms with Gasteiger partial charge in [0, 0.05) is 19.6 Å². The molecule has 1 saturated heterocycles. The van der Waals surface area contributed by atoms with Gasteiger partial charge in [-0.25, -0.2) is 8.42 Å². The zero-order chi connectivity index (χ0) is 21.7. The number of halogens is 3. The number of phenols is 1. The van der Waals surface area contributed by atoms with Crippen molar-refractivity contribution in [2.45, 2.75) is 24.4 Å². The van der Waals surface area contributed by atoms with Crippen LogP contribution in [0.5, 0.6) is 5.75 Å². The number of nitrogens with one attached hydrogen (secondary N) is 1. The molecular weight excluding hydrogens is 413 g/mol. The number of carbonyl (C=O) groups excluding carboxylic acids is 1. The maximum absolute atomic E-state index is 12.6. The third-order valence-electron chi connectivity index (χ3n) is 4.69. The fourth-order valence-electron chi connectivity index (χ4n) is 3.11. The van der Waals surface area contributed by atoms with Crippen LogP contribution in [0.4, 0.5) is 13.2 Å². The molecule has 7 nitrogen and oxygen atoms in total. The van der Waals surface area contributed by atoms with Gasteiger partial charge in [-0.05, 0) is 49.6 Å². The number of aryl methyl sites for hydroxylation is 1. The van der Waals surface area contributed by atoms with Gasteiger partial charge in [-0.15, -0.1) is 0 Å². The van der Waals surface area contributed by atoms with Crippen LogP contribution in [0.15, 0.2) is 23.1 Å². The smallest absolute Gasteiger partial charge is 0.471 e. The SMILES string of the molecule is Cc1cc(S(=O)(=O)C[C@H]2CCN(CCOCCNC(=O)C(F)(F)F)C2)ccc1O. The quantitative estimate of drug-likeness (QED) is 0.568. The molecule has 1 aromatic carbocycles. The second-order valence-corrected chi connectivity index (χ2v) is 9.09. The normalized spacial score (nSPS) is 18.1. The predicted molar refractivity (Wildman–Crippen MR) is 99.3 cm³/mol. The highest BCUT2D eigenvalue weighted by Gasteiger charge is 2.38. The Bertz CT molecular complexity index is 814. The van der Waals surface area contributed by atoms with E-state index in [-0.39, 0.29) is 42.1 Å². The lowest BCUT2D eigenvalue weighted by molar-refractivity contribution is -0.173. The molecule has 1 aromatic rings. The molecule has 11 heteroatoms. The number of rotatable bonds is 9. The zero-order valence-electron chi connectivity index (χ0n) is 16.0. The number of amides is 1. The molecule has 0 radical (unpaired) electrons. The number of ether oxygens (including phenoxy) is 1. The second-order valence-electron chi connectivity index (χ2n) is 7.05. The first-order valence-corrected chi connectivity index (χ1v) is 10.8. The fourth-order valence-corrected chi connectivity index (χ4v) is 4.83. The molecule has 1 aliphatic heterocycles. The summed E-state index contributed by atoms with van der Waals surface area (Å²) in [6, 6.07) is 4.23. The van der Waals surface area contributed by atoms with Crippen molar-refractivity contribution in [3.8, 4) is 5.75 Å². The van der Waals surface area contributed by atoms with E-state index in [1.54, 1.807) is 12.2 Å². The molecule has 29 heavy (non-hydrogen) atoms. The Morgan fingerprint density at radius 3 is 2.72 bits per heavy atom. The minimum absolute atomic E-state index is 0.0120. The van der Waals surface area contributed by atoms with Crippen LogP contribution in [-0.4, -0.2) is 75.7 Å². The van der Waals surface area contributed by atoms with Crippen molar-refractivity contribution in [2.75, 3.05) is 45.1 Å². The first-order chi connectivity index (χ1) is 13.5. The molecule has 0 saturated carbocycles. The van der Waals surface area contributed by atoms with Crippen molar-refractivity contribution in [2.24, 2.45) is 5.92 Å². The van der Waals surface area contributed by atoms with Crippen LogP contribution in [0.2, 0.25) is 0 Å². The molecule has 2 rings (SSSR count). The Morgan fingerprint density at radius 2 is 2.07 bits per heavy atom. The number of likely N-dealkylation sites (tertiary alicyclic amines) is 1. The van der Waals surface area contributed by atoms with Gasteiger partial charge >= 0.3 is 12.1 Å². The van der Waals surface area contributed by atoms with Gasteiger partial charge in [0.1, 0.15) is 5.75 Å². The van der Waals surface area contributed by atoms with E-state index < -0.39 is 21.9 Å². The van der Waals surface area contributed by atoms with E-state index in [2.05, 4.69) is 0 Å². The third-order valence-corrected chi connectivity index (χ3v) is 6.58. The lowest BCUT2D eigenvalue weighted by atomic mass is 10.2. The highest BCUT2D eigenvalue weighted by atomic mass is 32.2. The van der Waals surface area contributed by atoms with Gasteiger partial charge in [-0.2, -0.15) is 13.2 Å². The summed E-state index contributed by atoms with van der Waals surface area (Å²) < 4.78 is 66.4. The van der Waals surface area contributed by atoms with Crippen LogP contribution >= 0.6 is 0 Å². The summed E-state index contributed by atoms with van der Waals surface area (Å²) in [6.07, 6.45) is -4.18. The number of hydrogen-bond donors (Lipinski definition) is 2. The number of nitrogens with zero attached hydrogens (tertiary/aromatic N) is 1. The summed E-state index contributed by atoms with van der Waals surface area (Å²) in [4.78, 5) is 12.9. The van der Waals surface area contributed by atoms with Crippen molar-refractivity contribution >= 4 is 15.7 Å². The lowest BCUT2D eigenvalue weighted by Crippen LogP contribution is -2.38. The fraction of sp³-hybridized carbons (Fsp3) is 0.611. The Kier molecular flexibility index (Phi) is 7.89. The minimum Gasteiger partial charge on any atom is -0.508 e. The summed E-state index contributed by atoms with van der Waals surface area (Å²) in [5, 5.41) is 11.3. The van der Waals surface area contributed by atoms with E-state index in [0.29, 0.717) is 25.2 Å². The molecule has 0 aromatic heterocycles. The lowest BCUT2D eigenvalue weighted by Gasteiger charge is -2.16. The van der Waals surface area contributed by atoms with Crippen LogP contribution in [0.3, 0.4) is 0 Å². The maximum Gasteiger partial charge on any atom is 0.471 e. The molecule has 1 heterocycles. The highest BCUT2D eigenvalue weighted by Crippen LogP contribution is 2.25. The van der Waals surface area contributed by atoms with Gasteiger partial charge in [-0.3, -0.25) is 4.79 Å². The standard InChI is InChI=1S/C18H25F3N2O5S/c1-13-10-15(2-3-16(13)24)29(26,27)12-14-4-6-23(11-14)7-9-28-8-5-22-17(25)18(19,20)21/h2-3,10,14,24H,4-9,11-12H2,1H3,(H,22,25)/t14-/m0/s1. The molecule has 0 bridgehead atoms. The Morgan fingerprint density at radius 1 is 1.34 bits per heavy atom. The zero-order valence-corrected chi connectivity index (χ0v) is 16.9. The van der Waals surface area contributed by atoms with Gasteiger partial charge in [0.25, 0.3) is 0 Å². The van der Waals surface area contributed by atoms with Gasteiger partial charge < -0.3 is 20.1 Å². The number of benzene rings is 1. The van der Waals surface area contributed by atoms with Gasteiger partial charge in [0.2, 0.25) is 0 Å². The minimum atomic E-state index is -4.90. The Hall–Kier alpha value is -1.85. The molecule has 2 N–H and O–H groups in total. The summed E-state index contributed by atoms with van der Waals surface area (Å²) in [5.74, 6) is -1.96. The van der Waals surface area contributed by atoms with Crippen LogP contribution in [0.25, 0.3) is 0 Å². The first kappa shape index (κ1) is 23.4. The van der Waals surface area contributed by atoms with E-state index in [9.17, 15) is 31.5 Å². The van der Waals surface area contributed by atoms with Crippen molar-refractivity contribution in [1.29, 1.82) is 0 Å². The van der Waals surface area contributed by atoms with E-state index in [0.717, 1.165) is 6.42 Å². The number of hydrogen-bond acceptors (Lipinski definition) is 6. The van der Waals surface area contributed by atoms with Gasteiger partial charge in [0.15, 0.2) is 9.84 Å². The number of sulfone groups is 1. The molecule has 0 unspecified atom stereocenters. The molecule has 1 fully saturated rings. The molecule has 1 amide bonds. The highest BCUT2D eigenvalue weighted by molar-refractivity contribution is 7.91. The monoisotopic (exact) mass is 438 g/mol. The van der Waals surface area contributed by atoms with E-state index in [4.69, 9.17) is 4.74 Å². The largest absolute Gasteiger partial charge is 0.508 e. The Balaban J connectivity index is 1.68. The molecule has 164 valence electrons. The summed E-state index contributed by atoms with van der Waals surface area (Å²) in [6.45, 7) is 3.48. The summed E-state index contributed by atoms with van der Waals surface area (Å²) >= 11 is 0. The number of aromatic hydroxyl groups is 1.